The predicted molar refractivity (Wildman–Crippen MR) is 538 cm³/mol. The lowest BCUT2D eigenvalue weighted by Crippen LogP contribution is -2.41. The number of hydrogen-bond donors (Lipinski definition) is 8. The van der Waals surface area contributed by atoms with E-state index in [1.54, 1.807) is 39.5 Å². The van der Waals surface area contributed by atoms with Crippen molar-refractivity contribution in [3.8, 4) is 34.6 Å². The number of aromatic nitrogens is 20. The third-order valence-corrected chi connectivity index (χ3v) is 29.7. The Balaban J connectivity index is 0.000000151. The van der Waals surface area contributed by atoms with Crippen LogP contribution in [0.4, 0.5) is 58.4 Å². The zero-order valence-electron chi connectivity index (χ0n) is 85.9. The predicted octanol–water partition coefficient (Wildman–Crippen LogP) is 18.4. The molecule has 18 rings (SSSR count). The zero-order chi connectivity index (χ0) is 107. The van der Waals surface area contributed by atoms with Gasteiger partial charge in [0.2, 0.25) is 5.28 Å². The van der Waals surface area contributed by atoms with Crippen LogP contribution in [0.1, 0.15) is 251 Å². The number of rotatable bonds is 31. The number of fused-ring (bicyclic) bond motifs is 4. The second-order valence-corrected chi connectivity index (χ2v) is 41.0. The molecule has 13 heterocycles. The lowest BCUT2D eigenvalue weighted by Gasteiger charge is -2.34. The molecule has 0 aromatic carbocycles. The molecule has 0 bridgehead atoms. The van der Waals surface area contributed by atoms with Crippen LogP contribution in [0.15, 0.2) is 73.8 Å². The number of hydrogen-bond acceptors (Lipinski definition) is 32. The first-order valence-electron chi connectivity index (χ1n) is 50.0. The summed E-state index contributed by atoms with van der Waals surface area (Å²) in [6, 6.07) is 3.72. The van der Waals surface area contributed by atoms with E-state index >= 15 is 0 Å². The van der Waals surface area contributed by atoms with E-state index < -0.39 is 76.9 Å². The molecule has 5 aliphatic carbocycles. The highest BCUT2D eigenvalue weighted by atomic mass is 35.5. The molecule has 9 N–H and O–H groups in total. The van der Waals surface area contributed by atoms with Gasteiger partial charge in [0.15, 0.2) is 86.6 Å². The number of carbonyl (C=O) groups is 5. The Labute approximate surface area is 856 Å². The normalized spacial score (nSPS) is 17.8. The Morgan fingerprint density at radius 2 is 0.716 bits per heavy atom. The Bertz CT molecular complexity index is 6640. The number of anilines is 4. The van der Waals surface area contributed by atoms with E-state index in [4.69, 9.17) is 45.6 Å². The molecule has 0 spiro atoms. The molecule has 1 aliphatic heterocycles. The van der Waals surface area contributed by atoms with Crippen molar-refractivity contribution in [2.45, 2.75) is 292 Å². The summed E-state index contributed by atoms with van der Waals surface area (Å²) < 4.78 is 147. The first-order valence-corrected chi connectivity index (χ1v) is 50.4. The van der Waals surface area contributed by atoms with Gasteiger partial charge in [-0.05, 0) is 183 Å². The fourth-order valence-electron chi connectivity index (χ4n) is 20.1. The van der Waals surface area contributed by atoms with E-state index in [9.17, 15) is 64.2 Å². The van der Waals surface area contributed by atoms with Gasteiger partial charge in [-0.3, -0.25) is 38.9 Å². The zero-order valence-corrected chi connectivity index (χ0v) is 86.6. The maximum Gasteiger partial charge on any atom is 0.517 e. The molecule has 5 unspecified atom stereocenters. The minimum atomic E-state index is -0.966. The number of nitrogens with one attached hydrogen (secondary N) is 6. The molecule has 5 saturated carbocycles. The minimum absolute atomic E-state index is 0.0272. The first kappa shape index (κ1) is 112. The number of aryl methyl sites for hydroxylation is 2. The van der Waals surface area contributed by atoms with Crippen molar-refractivity contribution >= 4 is 122 Å². The van der Waals surface area contributed by atoms with E-state index in [2.05, 4.69) is 139 Å². The summed E-state index contributed by atoms with van der Waals surface area (Å²) in [5.74, 6) is -6.40. The highest BCUT2D eigenvalue weighted by Crippen LogP contribution is 2.49. The topological polar surface area (TPSA) is 483 Å². The van der Waals surface area contributed by atoms with Gasteiger partial charge in [-0.1, -0.05) is 98.8 Å². The standard InChI is InChI=1S/C22H26F2N6O2.C21H24F2N6O2.C19H20F2N6O2.C15H21ClFN3O2.C13H17BFN3O2.C11H21NO2/c1-4-32-17(31)10-16(22(2)7-5-6-8-22)27-19-15(24)12-25-20(28-19)18-14-9-13(23)11-26-21(14)30(3)29-18;1-3-31-16(30)9-15(21(2)6-4-5-7-21)26-19-14(23)11-25-20(27-19)17-13-8-12(22)10-24-18(13)29-28-17;1-19(4-2-3-5-19)13(7-14(28)29)24-17-12(21)9-23-18(25-17)15-11-6-10(20)8-22-16(11)27-26-15;1-3-22-12(21)8-11(15(2)6-4-5-7-15)19-13-10(17)9-18-14(16)20-13;1-12(2)13(3,4)20-14(19-12)10-9-6-8(15)7-16-11(9)18(5)17-10;1-3-14-10(13)8-9(12)11(2)6-4-5-7-11/h9,11-12,16H,4-8,10H2,1-3H3,(H,25,27,28);8,10-11,15H,3-7,9H2,1-2H3,(H,24,28,29)(H,25,26,27);6,8-9,13H,2-5,7H2,1H3,(H,28,29)(H,22,26,27)(H,23,24,25);9,11H,3-8H2,1-2H3,(H,18,19,20);6-7H,1-5H3;9H,3-8,12H2,1-2H3. The summed E-state index contributed by atoms with van der Waals surface area (Å²) in [4.78, 5) is 107. The quantitative estimate of drug-likeness (QED) is 0.00657. The Kier molecular flexibility index (Phi) is 36.8. The van der Waals surface area contributed by atoms with Crippen molar-refractivity contribution in [2.75, 3.05) is 47.7 Å². The number of nitrogens with zero attached hydrogens (tertiary/aromatic N) is 18. The molecule has 0 radical (unpaired) electrons. The van der Waals surface area contributed by atoms with E-state index in [1.807, 2.05) is 41.5 Å². The van der Waals surface area contributed by atoms with Crippen LogP contribution in [0.2, 0.25) is 5.28 Å². The number of esters is 4. The molecule has 12 aromatic rings. The highest BCUT2D eigenvalue weighted by Gasteiger charge is 2.54. The van der Waals surface area contributed by atoms with Gasteiger partial charge in [0.1, 0.15) is 45.9 Å². The lowest BCUT2D eigenvalue weighted by atomic mass is 9.79. The molecule has 1 saturated heterocycles. The van der Waals surface area contributed by atoms with Gasteiger partial charge >= 0.3 is 37.0 Å². The molecule has 6 aliphatic rings. The first-order chi connectivity index (χ1) is 70.3. The number of aliphatic carboxylic acids is 1. The second kappa shape index (κ2) is 48.5. The number of ether oxygens (including phenoxy) is 4. The summed E-state index contributed by atoms with van der Waals surface area (Å²) in [6.07, 6.45) is 29.6. The van der Waals surface area contributed by atoms with Crippen molar-refractivity contribution in [2.24, 2.45) is 46.9 Å². The maximum atomic E-state index is 14.7. The van der Waals surface area contributed by atoms with Crippen LogP contribution >= 0.6 is 11.6 Å². The molecule has 47 heteroatoms. The number of aromatic amines is 2. The molecule has 796 valence electrons. The van der Waals surface area contributed by atoms with Crippen LogP contribution in [-0.2, 0) is 66.3 Å². The Hall–Kier alpha value is -13.0. The maximum absolute atomic E-state index is 14.7. The summed E-state index contributed by atoms with van der Waals surface area (Å²) in [7, 11) is 2.82. The summed E-state index contributed by atoms with van der Waals surface area (Å²) in [6.45, 7) is 26.8. The Morgan fingerprint density at radius 1 is 0.412 bits per heavy atom. The highest BCUT2D eigenvalue weighted by molar-refractivity contribution is 6.64. The fourth-order valence-corrected chi connectivity index (χ4v) is 20.2. The monoisotopic (exact) mass is 2080 g/mol. The minimum Gasteiger partial charge on any atom is -0.481 e. The van der Waals surface area contributed by atoms with E-state index in [1.165, 1.54) is 48.0 Å². The van der Waals surface area contributed by atoms with Gasteiger partial charge < -0.3 is 60.4 Å². The van der Waals surface area contributed by atoms with Crippen LogP contribution < -0.4 is 32.6 Å². The van der Waals surface area contributed by atoms with Gasteiger partial charge in [-0.2, -0.15) is 25.4 Å². The molecule has 0 amide bonds. The number of pyridine rings is 4. The van der Waals surface area contributed by atoms with Crippen molar-refractivity contribution in [3.63, 3.8) is 0 Å². The van der Waals surface area contributed by atoms with E-state index in [-0.39, 0.29) is 166 Å². The second-order valence-electron chi connectivity index (χ2n) is 40.7. The summed E-state index contributed by atoms with van der Waals surface area (Å²) in [5, 5.41) is 45.6. The summed E-state index contributed by atoms with van der Waals surface area (Å²) in [5.41, 5.74) is 7.67. The number of carboxylic acid groups (broad SMARTS) is 1. The third-order valence-electron chi connectivity index (χ3n) is 29.5. The van der Waals surface area contributed by atoms with E-state index in [0.717, 1.165) is 159 Å². The third kappa shape index (κ3) is 27.4. The fraction of sp³-hybridized carbons (Fsp3) is 0.554. The summed E-state index contributed by atoms with van der Waals surface area (Å²) >= 11 is 5.73. The van der Waals surface area contributed by atoms with Gasteiger partial charge in [0.05, 0.1) is 135 Å². The molecule has 37 nitrogen and oxygen atoms in total. The van der Waals surface area contributed by atoms with Crippen LogP contribution in [0.25, 0.3) is 78.7 Å². The van der Waals surface area contributed by atoms with Gasteiger partial charge in [-0.25, -0.2) is 94.6 Å². The number of H-pyrrole nitrogens is 2. The molecule has 148 heavy (non-hydrogen) atoms. The average Bonchev–Trinajstić information content (AvgIpc) is 1.59. The molecule has 12 aromatic heterocycles. The number of carbonyl (C=O) groups excluding carboxylic acids is 4. The average molecular weight is 2080 g/mol. The van der Waals surface area contributed by atoms with Crippen molar-refractivity contribution in [1.82, 2.24) is 99.8 Å². The smallest absolute Gasteiger partial charge is 0.481 e. The van der Waals surface area contributed by atoms with Crippen LogP contribution in [0.5, 0.6) is 0 Å². The van der Waals surface area contributed by atoms with Crippen molar-refractivity contribution in [3.05, 3.63) is 126 Å². The van der Waals surface area contributed by atoms with Crippen molar-refractivity contribution < 1.29 is 92.5 Å². The Morgan fingerprint density at radius 3 is 1.09 bits per heavy atom. The van der Waals surface area contributed by atoms with Gasteiger partial charge in [0.25, 0.3) is 0 Å². The molecular formula is C101H129BClF8N25O12. The number of carboxylic acids is 1. The molecular weight excluding hydrogens is 1950 g/mol. The molecule has 6 fully saturated rings. The van der Waals surface area contributed by atoms with Crippen molar-refractivity contribution in [1.29, 1.82) is 0 Å². The van der Waals surface area contributed by atoms with Crippen LogP contribution in [0.3, 0.4) is 0 Å². The van der Waals surface area contributed by atoms with Crippen LogP contribution in [-0.4, -0.2) is 210 Å². The van der Waals surface area contributed by atoms with Gasteiger partial charge in [0, 0.05) is 49.7 Å². The number of nitrogens with two attached hydrogens (primary N) is 1. The van der Waals surface area contributed by atoms with Gasteiger partial charge in [-0.15, -0.1) is 0 Å². The van der Waals surface area contributed by atoms with Crippen LogP contribution in [0, 0.1) is 73.6 Å². The lowest BCUT2D eigenvalue weighted by molar-refractivity contribution is -0.145. The molecule has 5 atom stereocenters. The van der Waals surface area contributed by atoms with E-state index in [0.29, 0.717) is 80.8 Å². The largest absolute Gasteiger partial charge is 0.517 e. The SMILES string of the molecule is CC1(C(CC(=O)O)Nc2nc(-c3[nH]nc4ncc(F)cc34)ncc2F)CCCC1.CCOC(=O)CC(N)C1(C)CCCC1.CCOC(=O)CC(Nc1nc(-c2[nH]nc3ncc(F)cc23)ncc1F)C1(C)CCCC1.CCOC(=O)CC(Nc1nc(-c2nn(C)c3ncc(F)cc23)ncc1F)C1(C)CCCC1.CCOC(=O)CC(Nc1nc(Cl)ncc1F)C1(C)CCCC1.Cn1nc(B2OC(C)(C)C(C)(C)O2)c2cc(F)cnc21. The number of halogens is 9.